The molecule has 0 aliphatic carbocycles. The van der Waals surface area contributed by atoms with Gasteiger partial charge in [-0.15, -0.1) is 0 Å². The fourth-order valence-corrected chi connectivity index (χ4v) is 9.22. The maximum atomic E-state index is 7.49. The molecule has 2 nitrogen and oxygen atoms in total. The summed E-state index contributed by atoms with van der Waals surface area (Å²) in [5.41, 5.74) is 10.8. The summed E-state index contributed by atoms with van der Waals surface area (Å²) in [7, 11) is -2.10. The molecule has 6 aromatic carbocycles. The Bertz CT molecular complexity index is 1850. The molecule has 3 heteroatoms. The van der Waals surface area contributed by atoms with Crippen molar-refractivity contribution in [3.63, 3.8) is 0 Å². The largest absolute Gasteiger partial charge is 0.425 e. The topological polar surface area (TPSA) is 12.5 Å². The van der Waals surface area contributed by atoms with Crippen LogP contribution in [0.1, 0.15) is 16.7 Å². The van der Waals surface area contributed by atoms with Crippen LogP contribution in [0.15, 0.2) is 157 Å². The molecule has 1 aliphatic rings. The number of benzene rings is 6. The molecular formula is C40H35NOS. The summed E-state index contributed by atoms with van der Waals surface area (Å²) in [6, 6.07) is 54.8. The SMILES string of the molecule is Cc1ccc(CCS2(c3ccc(C)cc3)Oc3ccccc3-c3ccccc3N2c2ccc(-c3ccccc3)cc2)cc1. The average Bonchev–Trinajstić information content (AvgIpc) is 3.18. The Morgan fingerprint density at radius 3 is 1.84 bits per heavy atom. The van der Waals surface area contributed by atoms with Gasteiger partial charge in [0.05, 0.1) is 11.4 Å². The van der Waals surface area contributed by atoms with Gasteiger partial charge in [-0.05, 0) is 73.4 Å². The highest BCUT2D eigenvalue weighted by Crippen LogP contribution is 2.67. The molecule has 7 rings (SSSR count). The highest BCUT2D eigenvalue weighted by atomic mass is 32.3. The molecule has 0 amide bonds. The van der Waals surface area contributed by atoms with Crippen LogP contribution < -0.4 is 8.49 Å². The van der Waals surface area contributed by atoms with Gasteiger partial charge in [0.25, 0.3) is 0 Å². The molecule has 0 saturated heterocycles. The lowest BCUT2D eigenvalue weighted by molar-refractivity contribution is 0.615. The summed E-state index contributed by atoms with van der Waals surface area (Å²) in [6.45, 7) is 4.29. The zero-order chi connectivity index (χ0) is 29.2. The minimum absolute atomic E-state index is 0.836. The number of fused-ring (bicyclic) bond motifs is 3. The van der Waals surface area contributed by atoms with Gasteiger partial charge in [-0.25, -0.2) is 0 Å². The molecule has 0 bridgehead atoms. The van der Waals surface area contributed by atoms with Crippen molar-refractivity contribution in [1.82, 2.24) is 0 Å². The fourth-order valence-electron chi connectivity index (χ4n) is 5.88. The Hall–Kier alpha value is -4.73. The number of anilines is 2. The predicted octanol–water partition coefficient (Wildman–Crippen LogP) is 11.1. The van der Waals surface area contributed by atoms with Gasteiger partial charge in [-0.1, -0.05) is 126 Å². The number of hydrogen-bond donors (Lipinski definition) is 0. The minimum atomic E-state index is -2.10. The predicted molar refractivity (Wildman–Crippen MR) is 183 cm³/mol. The molecule has 0 aromatic heterocycles. The van der Waals surface area contributed by atoms with Crippen molar-refractivity contribution in [3.05, 3.63) is 168 Å². The lowest BCUT2D eigenvalue weighted by atomic mass is 10.0. The normalized spacial score (nSPS) is 17.1. The Labute approximate surface area is 256 Å². The molecule has 1 atom stereocenters. The van der Waals surface area contributed by atoms with Crippen molar-refractivity contribution in [3.8, 4) is 28.0 Å². The van der Waals surface area contributed by atoms with Gasteiger partial charge >= 0.3 is 0 Å². The molecule has 0 fully saturated rings. The van der Waals surface area contributed by atoms with Crippen LogP contribution in [0.25, 0.3) is 22.3 Å². The van der Waals surface area contributed by atoms with Crippen molar-refractivity contribution in [2.24, 2.45) is 0 Å². The van der Waals surface area contributed by atoms with Crippen molar-refractivity contribution in [1.29, 1.82) is 0 Å². The van der Waals surface area contributed by atoms with E-state index >= 15 is 0 Å². The quantitative estimate of drug-likeness (QED) is 0.195. The van der Waals surface area contributed by atoms with E-state index in [4.69, 9.17) is 4.18 Å². The molecule has 1 unspecified atom stereocenters. The fraction of sp³-hybridized carbons (Fsp3) is 0.100. The lowest BCUT2D eigenvalue weighted by Gasteiger charge is -2.48. The van der Waals surface area contributed by atoms with Crippen LogP contribution in [0, 0.1) is 13.8 Å². The Kier molecular flexibility index (Phi) is 7.26. The molecule has 6 aromatic rings. The first-order valence-electron chi connectivity index (χ1n) is 14.9. The Morgan fingerprint density at radius 2 is 1.12 bits per heavy atom. The number of aryl methyl sites for hydroxylation is 3. The van der Waals surface area contributed by atoms with E-state index < -0.39 is 10.5 Å². The van der Waals surface area contributed by atoms with Crippen molar-refractivity contribution in [2.45, 2.75) is 25.2 Å². The summed E-state index contributed by atoms with van der Waals surface area (Å²) in [6.07, 6.45) is 0.895. The van der Waals surface area contributed by atoms with Gasteiger partial charge in [-0.3, -0.25) is 4.31 Å². The van der Waals surface area contributed by atoms with Gasteiger partial charge in [0.2, 0.25) is 0 Å². The second-order valence-electron chi connectivity index (χ2n) is 11.2. The van der Waals surface area contributed by atoms with Crippen molar-refractivity contribution >= 4 is 21.9 Å². The third-order valence-corrected chi connectivity index (χ3v) is 11.4. The molecule has 0 saturated carbocycles. The first-order valence-corrected chi connectivity index (χ1v) is 16.6. The summed E-state index contributed by atoms with van der Waals surface area (Å²) in [5, 5.41) is 0. The highest BCUT2D eigenvalue weighted by Gasteiger charge is 2.41. The first kappa shape index (κ1) is 27.1. The first-order chi connectivity index (χ1) is 21.1. The van der Waals surface area contributed by atoms with Gasteiger partial charge in [-0.2, -0.15) is 0 Å². The number of rotatable bonds is 6. The van der Waals surface area contributed by atoms with Gasteiger partial charge in [0, 0.05) is 32.3 Å². The Balaban J connectivity index is 1.46. The lowest BCUT2D eigenvalue weighted by Crippen LogP contribution is -2.30. The van der Waals surface area contributed by atoms with Crippen LogP contribution in [0.4, 0.5) is 11.4 Å². The van der Waals surface area contributed by atoms with E-state index in [0.717, 1.165) is 29.2 Å². The summed E-state index contributed by atoms with van der Waals surface area (Å²) in [5.74, 6) is 1.76. The van der Waals surface area contributed by atoms with E-state index in [2.05, 4.69) is 170 Å². The summed E-state index contributed by atoms with van der Waals surface area (Å²) < 4.78 is 10.0. The van der Waals surface area contributed by atoms with E-state index in [-0.39, 0.29) is 0 Å². The molecule has 0 spiro atoms. The second kappa shape index (κ2) is 11.5. The number of hydrogen-bond acceptors (Lipinski definition) is 2. The summed E-state index contributed by atoms with van der Waals surface area (Å²) >= 11 is 0. The van der Waals surface area contributed by atoms with Crippen molar-refractivity contribution in [2.75, 3.05) is 10.1 Å². The maximum Gasteiger partial charge on any atom is 0.145 e. The molecule has 1 heterocycles. The second-order valence-corrected chi connectivity index (χ2v) is 13.9. The third kappa shape index (κ3) is 5.22. The van der Waals surface area contributed by atoms with Crippen LogP contribution in [0.5, 0.6) is 5.75 Å². The molecular weight excluding hydrogens is 543 g/mol. The summed E-state index contributed by atoms with van der Waals surface area (Å²) in [4.78, 5) is 1.21. The minimum Gasteiger partial charge on any atom is -0.425 e. The van der Waals surface area contributed by atoms with Gasteiger partial charge in [0.15, 0.2) is 0 Å². The zero-order valence-corrected chi connectivity index (χ0v) is 25.4. The highest BCUT2D eigenvalue weighted by molar-refractivity contribution is 8.31. The molecule has 1 aliphatic heterocycles. The van der Waals surface area contributed by atoms with E-state index in [1.807, 2.05) is 0 Å². The van der Waals surface area contributed by atoms with E-state index in [1.165, 1.54) is 44.0 Å². The smallest absolute Gasteiger partial charge is 0.145 e. The Morgan fingerprint density at radius 1 is 0.535 bits per heavy atom. The molecule has 212 valence electrons. The van der Waals surface area contributed by atoms with Crippen molar-refractivity contribution < 1.29 is 4.18 Å². The standard InChI is InChI=1S/C40H35NOS/c1-30-16-20-32(21-17-30)28-29-43(36-26-18-31(2)19-27-36)41(35-24-22-34(23-25-35)33-10-4-3-5-11-33)39-14-8-6-12-37(39)38-13-7-9-15-40(38)42-43/h3-27H,28-29H2,1-2H3. The van der Waals surface area contributed by atoms with Gasteiger partial charge in [0.1, 0.15) is 5.75 Å². The monoisotopic (exact) mass is 577 g/mol. The molecule has 43 heavy (non-hydrogen) atoms. The van der Waals surface area contributed by atoms with Gasteiger partial charge < -0.3 is 4.18 Å². The molecule has 0 N–H and O–H groups in total. The van der Waals surface area contributed by atoms with E-state index in [9.17, 15) is 0 Å². The van der Waals surface area contributed by atoms with Crippen LogP contribution in [0.2, 0.25) is 0 Å². The van der Waals surface area contributed by atoms with E-state index in [0.29, 0.717) is 0 Å². The number of nitrogens with zero attached hydrogens (tertiary/aromatic N) is 1. The van der Waals surface area contributed by atoms with E-state index in [1.54, 1.807) is 0 Å². The maximum absolute atomic E-state index is 7.49. The number of para-hydroxylation sites is 2. The van der Waals surface area contributed by atoms with Crippen LogP contribution in [0.3, 0.4) is 0 Å². The third-order valence-electron chi connectivity index (χ3n) is 8.21. The van der Waals surface area contributed by atoms with Crippen LogP contribution in [-0.2, 0) is 6.42 Å². The zero-order valence-electron chi connectivity index (χ0n) is 24.6. The molecule has 0 radical (unpaired) electrons. The average molecular weight is 578 g/mol. The van der Waals surface area contributed by atoms with Crippen LogP contribution >= 0.6 is 10.5 Å². The van der Waals surface area contributed by atoms with Crippen LogP contribution in [-0.4, -0.2) is 5.75 Å².